The molecule has 0 amide bonds. The van der Waals surface area contributed by atoms with E-state index in [-0.39, 0.29) is 17.1 Å². The SMILES string of the molecule is C[C]1[C](C)[C](C)[C](C)[C]1C.C[C]1[C](C)[C](C)[C](C)[C]1C.FC(F)(F)[C]1[C](C(F)(F)F)[C](C(F)(F)F)[C](C(F)(F)F)[C]1C(F)(F)F.[Fe+3]. The Balaban J connectivity index is 0.000000786. The zero-order chi connectivity index (χ0) is 36.2. The van der Waals surface area contributed by atoms with Crippen molar-refractivity contribution in [3.8, 4) is 0 Å². The molecule has 0 atom stereocenters. The Morgan fingerprint density at radius 3 is 0.326 bits per heavy atom. The van der Waals surface area contributed by atoms with Crippen molar-refractivity contribution < 1.29 is 82.9 Å². The van der Waals surface area contributed by atoms with Gasteiger partial charge in [0.1, 0.15) is 29.6 Å². The van der Waals surface area contributed by atoms with Crippen LogP contribution in [0.3, 0.4) is 0 Å². The molecule has 0 nitrogen and oxygen atoms in total. The summed E-state index contributed by atoms with van der Waals surface area (Å²) in [6.45, 7) is 22.0. The summed E-state index contributed by atoms with van der Waals surface area (Å²) < 4.78 is 189. The van der Waals surface area contributed by atoms with Gasteiger partial charge in [0.05, 0.1) is 0 Å². The zero-order valence-corrected chi connectivity index (χ0v) is 27.1. The molecule has 0 aromatic carbocycles. The molecule has 3 rings (SSSR count). The predicted octanol–water partition coefficient (Wildman–Crippen LogP) is 11.6. The third kappa shape index (κ3) is 9.79. The van der Waals surface area contributed by atoms with Crippen LogP contribution in [0.1, 0.15) is 69.2 Å². The maximum Gasteiger partial charge on any atom is 3.00 e. The van der Waals surface area contributed by atoms with Gasteiger partial charge >= 0.3 is 48.0 Å². The van der Waals surface area contributed by atoms with Crippen molar-refractivity contribution in [2.45, 2.75) is 100 Å². The van der Waals surface area contributed by atoms with E-state index in [0.29, 0.717) is 0 Å². The van der Waals surface area contributed by atoms with Crippen LogP contribution in [0, 0.1) is 88.8 Å². The van der Waals surface area contributed by atoms with Crippen LogP contribution in [0.4, 0.5) is 65.9 Å². The van der Waals surface area contributed by atoms with Gasteiger partial charge in [-0.3, -0.25) is 0 Å². The van der Waals surface area contributed by atoms with Crippen LogP contribution in [0.5, 0.6) is 0 Å². The summed E-state index contributed by atoms with van der Waals surface area (Å²) in [4.78, 5) is 0. The maximum absolute atomic E-state index is 12.6. The second kappa shape index (κ2) is 15.2. The standard InChI is InChI=1S/C10F15.2C10H15.Fe/c11-6(12,13)1-2(7(14,15)16)4(9(20,21)22)5(10(23,24)25)3(1)8(17,18)19;2*1-6-7(2)9(4)10(5)8(6)3;/h;2*1-5H3;/q;;;+3. The molecule has 0 aromatic heterocycles. The predicted molar refractivity (Wildman–Crippen MR) is 136 cm³/mol. The first-order chi connectivity index (χ1) is 19.7. The number of rotatable bonds is 0. The molecule has 3 aliphatic rings. The van der Waals surface area contributed by atoms with Gasteiger partial charge in [-0.2, -0.15) is 65.9 Å². The van der Waals surface area contributed by atoms with Crippen LogP contribution in [-0.2, 0) is 17.1 Å². The molecule has 0 saturated heterocycles. The molecular formula is C30H30F15Fe+3. The van der Waals surface area contributed by atoms with Crippen molar-refractivity contribution in [3.63, 3.8) is 0 Å². The fraction of sp³-hybridized carbons (Fsp3) is 0.500. The van der Waals surface area contributed by atoms with Crippen molar-refractivity contribution in [2.75, 3.05) is 0 Å². The Hall–Kier alpha value is -0.531. The van der Waals surface area contributed by atoms with Gasteiger partial charge in [-0.15, -0.1) is 0 Å². The number of hydrogen-bond donors (Lipinski definition) is 0. The first kappa shape index (κ1) is 45.5. The molecule has 0 bridgehead atoms. The molecule has 3 aliphatic carbocycles. The van der Waals surface area contributed by atoms with E-state index in [0.717, 1.165) is 0 Å². The second-order valence-corrected chi connectivity index (χ2v) is 10.6. The number of hydrogen-bond acceptors (Lipinski definition) is 0. The molecule has 0 aliphatic heterocycles. The minimum atomic E-state index is -6.81. The van der Waals surface area contributed by atoms with Gasteiger partial charge in [0.15, 0.2) is 0 Å². The van der Waals surface area contributed by atoms with E-state index >= 15 is 0 Å². The van der Waals surface area contributed by atoms with Crippen molar-refractivity contribution in [1.82, 2.24) is 0 Å². The Labute approximate surface area is 271 Å². The number of alkyl halides is 15. The summed E-state index contributed by atoms with van der Waals surface area (Å²) in [6.07, 6.45) is -34.0. The van der Waals surface area contributed by atoms with Crippen molar-refractivity contribution in [3.05, 3.63) is 88.8 Å². The normalized spacial score (nSPS) is 24.5. The first-order valence-corrected chi connectivity index (χ1v) is 12.8. The van der Waals surface area contributed by atoms with E-state index in [1.807, 2.05) is 0 Å². The molecule has 0 spiro atoms. The van der Waals surface area contributed by atoms with E-state index in [2.05, 4.69) is 69.2 Å². The molecule has 3 saturated carbocycles. The van der Waals surface area contributed by atoms with Crippen LogP contribution in [0.25, 0.3) is 0 Å². The van der Waals surface area contributed by atoms with Gasteiger partial charge in [-0.05, 0) is 59.2 Å². The molecule has 16 heteroatoms. The molecule has 16 radical (unpaired) electrons. The maximum atomic E-state index is 12.6. The fourth-order valence-electron chi connectivity index (χ4n) is 4.85. The summed E-state index contributed by atoms with van der Waals surface area (Å²) in [5, 5.41) is 0. The minimum absolute atomic E-state index is 0. The second-order valence-electron chi connectivity index (χ2n) is 10.6. The molecule has 0 heterocycles. The monoisotopic (exact) mass is 731 g/mol. The molecule has 46 heavy (non-hydrogen) atoms. The smallest absolute Gasteiger partial charge is 0.170 e. The summed E-state index contributed by atoms with van der Waals surface area (Å²) in [7, 11) is 0. The van der Waals surface area contributed by atoms with Gasteiger partial charge in [0, 0.05) is 0 Å². The summed E-state index contributed by atoms with van der Waals surface area (Å²) >= 11 is 0. The van der Waals surface area contributed by atoms with Crippen LogP contribution in [0.2, 0.25) is 0 Å². The molecule has 260 valence electrons. The largest absolute Gasteiger partial charge is 3.00 e. The molecule has 3 fully saturated rings. The Morgan fingerprint density at radius 2 is 0.283 bits per heavy atom. The van der Waals surface area contributed by atoms with Crippen molar-refractivity contribution >= 4 is 0 Å². The molecule has 0 N–H and O–H groups in total. The molecule has 0 unspecified atom stereocenters. The topological polar surface area (TPSA) is 0 Å². The van der Waals surface area contributed by atoms with Crippen LogP contribution >= 0.6 is 0 Å². The quantitative estimate of drug-likeness (QED) is 0.172. The van der Waals surface area contributed by atoms with Crippen LogP contribution in [0.15, 0.2) is 0 Å². The van der Waals surface area contributed by atoms with Gasteiger partial charge in [-0.25, -0.2) is 0 Å². The van der Waals surface area contributed by atoms with Crippen LogP contribution in [-0.4, -0.2) is 30.9 Å². The average Bonchev–Trinajstić information content (AvgIpc) is 3.40. The summed E-state index contributed by atoms with van der Waals surface area (Å²) in [5.74, 6) is -5.78. The Morgan fingerprint density at radius 1 is 0.217 bits per heavy atom. The van der Waals surface area contributed by atoms with E-state index < -0.39 is 60.5 Å². The Kier molecular flexibility index (Phi) is 15.0. The van der Waals surface area contributed by atoms with Crippen molar-refractivity contribution in [2.24, 2.45) is 0 Å². The molecular weight excluding hydrogens is 701 g/mol. The summed E-state index contributed by atoms with van der Waals surface area (Å²) in [6, 6.07) is 0. The minimum Gasteiger partial charge on any atom is -0.170 e. The van der Waals surface area contributed by atoms with Gasteiger partial charge in [0.2, 0.25) is 0 Å². The van der Waals surface area contributed by atoms with Crippen molar-refractivity contribution in [1.29, 1.82) is 0 Å². The van der Waals surface area contributed by atoms with Gasteiger partial charge in [0.25, 0.3) is 0 Å². The zero-order valence-electron chi connectivity index (χ0n) is 26.0. The Bertz CT molecular complexity index is 701. The number of halogens is 15. The first-order valence-electron chi connectivity index (χ1n) is 12.8. The van der Waals surface area contributed by atoms with Crippen LogP contribution < -0.4 is 0 Å². The van der Waals surface area contributed by atoms with E-state index in [9.17, 15) is 65.9 Å². The average molecular weight is 731 g/mol. The van der Waals surface area contributed by atoms with E-state index in [1.54, 1.807) is 0 Å². The van der Waals surface area contributed by atoms with E-state index in [4.69, 9.17) is 0 Å². The van der Waals surface area contributed by atoms with Gasteiger partial charge < -0.3 is 0 Å². The van der Waals surface area contributed by atoms with E-state index in [1.165, 1.54) is 59.2 Å². The fourth-order valence-corrected chi connectivity index (χ4v) is 4.85. The molecule has 0 aromatic rings. The van der Waals surface area contributed by atoms with Gasteiger partial charge in [-0.1, -0.05) is 69.2 Å². The third-order valence-electron chi connectivity index (χ3n) is 8.29. The third-order valence-corrected chi connectivity index (χ3v) is 8.29. The summed E-state index contributed by atoms with van der Waals surface area (Å²) in [5.41, 5.74) is 0.